The number of benzene rings is 2. The Kier molecular flexibility index (Phi) is 4.15. The van der Waals surface area contributed by atoms with E-state index in [4.69, 9.17) is 9.47 Å². The molecule has 2 aromatic rings. The van der Waals surface area contributed by atoms with Crippen molar-refractivity contribution in [1.29, 1.82) is 0 Å². The molecule has 0 spiro atoms. The molecule has 1 amide bonds. The second-order valence-electron chi connectivity index (χ2n) is 5.24. The van der Waals surface area contributed by atoms with Gasteiger partial charge in [0, 0.05) is 16.8 Å². The SMILES string of the molecule is COc1ccc2c(c1)C=C(C(=O)Nc1ccc(C)cc1)C=CO2. The lowest BCUT2D eigenvalue weighted by Gasteiger charge is -2.07. The van der Waals surface area contributed by atoms with Crippen LogP contribution >= 0.6 is 0 Å². The molecule has 0 saturated carbocycles. The lowest BCUT2D eigenvalue weighted by atomic mass is 10.1. The van der Waals surface area contributed by atoms with Gasteiger partial charge < -0.3 is 14.8 Å². The van der Waals surface area contributed by atoms with Crippen LogP contribution in [0.4, 0.5) is 5.69 Å². The molecule has 0 radical (unpaired) electrons. The van der Waals surface area contributed by atoms with Gasteiger partial charge in [-0.25, -0.2) is 0 Å². The molecule has 2 aromatic carbocycles. The molecule has 116 valence electrons. The van der Waals surface area contributed by atoms with Gasteiger partial charge in [0.15, 0.2) is 0 Å². The van der Waals surface area contributed by atoms with E-state index in [1.165, 1.54) is 6.26 Å². The van der Waals surface area contributed by atoms with Gasteiger partial charge in [-0.15, -0.1) is 0 Å². The van der Waals surface area contributed by atoms with Crippen LogP contribution in [-0.2, 0) is 4.79 Å². The first-order chi connectivity index (χ1) is 11.2. The van der Waals surface area contributed by atoms with Crippen LogP contribution in [0.3, 0.4) is 0 Å². The van der Waals surface area contributed by atoms with Crippen molar-refractivity contribution in [3.63, 3.8) is 0 Å². The fourth-order valence-corrected chi connectivity index (χ4v) is 2.25. The van der Waals surface area contributed by atoms with E-state index >= 15 is 0 Å². The highest BCUT2D eigenvalue weighted by Gasteiger charge is 2.13. The smallest absolute Gasteiger partial charge is 0.255 e. The zero-order chi connectivity index (χ0) is 16.2. The molecule has 4 heteroatoms. The summed E-state index contributed by atoms with van der Waals surface area (Å²) >= 11 is 0. The lowest BCUT2D eigenvalue weighted by Crippen LogP contribution is -2.13. The summed E-state index contributed by atoms with van der Waals surface area (Å²) < 4.78 is 10.7. The van der Waals surface area contributed by atoms with Gasteiger partial charge in [0.05, 0.1) is 13.4 Å². The van der Waals surface area contributed by atoms with Gasteiger partial charge in [0.2, 0.25) is 0 Å². The number of rotatable bonds is 3. The number of nitrogens with one attached hydrogen (secondary N) is 1. The van der Waals surface area contributed by atoms with Gasteiger partial charge in [0.1, 0.15) is 11.5 Å². The number of amides is 1. The third-order valence-electron chi connectivity index (χ3n) is 3.54. The predicted molar refractivity (Wildman–Crippen MR) is 90.5 cm³/mol. The molecule has 0 unspecified atom stereocenters. The summed E-state index contributed by atoms with van der Waals surface area (Å²) in [5.74, 6) is 1.20. The third-order valence-corrected chi connectivity index (χ3v) is 3.54. The highest BCUT2D eigenvalue weighted by Crippen LogP contribution is 2.29. The predicted octanol–water partition coefficient (Wildman–Crippen LogP) is 3.93. The van der Waals surface area contributed by atoms with Crippen molar-refractivity contribution in [2.45, 2.75) is 6.92 Å². The fraction of sp³-hybridized carbons (Fsp3) is 0.105. The third kappa shape index (κ3) is 3.43. The van der Waals surface area contributed by atoms with Gasteiger partial charge in [-0.1, -0.05) is 17.7 Å². The maximum Gasteiger partial charge on any atom is 0.255 e. The first-order valence-electron chi connectivity index (χ1n) is 7.27. The number of anilines is 1. The average Bonchev–Trinajstić information content (AvgIpc) is 2.78. The molecule has 1 heterocycles. The van der Waals surface area contributed by atoms with Gasteiger partial charge in [-0.2, -0.15) is 0 Å². The number of aryl methyl sites for hydroxylation is 1. The Morgan fingerprint density at radius 2 is 1.91 bits per heavy atom. The summed E-state index contributed by atoms with van der Waals surface area (Å²) in [5, 5.41) is 2.88. The van der Waals surface area contributed by atoms with Crippen LogP contribution in [0.25, 0.3) is 6.08 Å². The molecule has 23 heavy (non-hydrogen) atoms. The zero-order valence-corrected chi connectivity index (χ0v) is 13.0. The van der Waals surface area contributed by atoms with E-state index in [1.807, 2.05) is 49.4 Å². The van der Waals surface area contributed by atoms with E-state index in [9.17, 15) is 4.79 Å². The van der Waals surface area contributed by atoms with E-state index in [0.29, 0.717) is 17.1 Å². The summed E-state index contributed by atoms with van der Waals surface area (Å²) in [6.45, 7) is 2.00. The Morgan fingerprint density at radius 1 is 1.13 bits per heavy atom. The molecule has 0 bridgehead atoms. The van der Waals surface area contributed by atoms with Crippen LogP contribution in [-0.4, -0.2) is 13.0 Å². The molecule has 0 aliphatic carbocycles. The first-order valence-corrected chi connectivity index (χ1v) is 7.27. The molecule has 0 aromatic heterocycles. The van der Waals surface area contributed by atoms with Gasteiger partial charge in [-0.05, 0) is 49.4 Å². The number of carbonyl (C=O) groups excluding carboxylic acids is 1. The summed E-state index contributed by atoms with van der Waals surface area (Å²) in [7, 11) is 1.60. The fourth-order valence-electron chi connectivity index (χ4n) is 2.25. The van der Waals surface area contributed by atoms with Crippen LogP contribution in [0.2, 0.25) is 0 Å². The van der Waals surface area contributed by atoms with Crippen LogP contribution in [0.1, 0.15) is 11.1 Å². The maximum absolute atomic E-state index is 12.5. The minimum Gasteiger partial charge on any atom is -0.497 e. The molecule has 0 saturated heterocycles. The molecular formula is C19H17NO3. The highest BCUT2D eigenvalue weighted by molar-refractivity contribution is 6.09. The quantitative estimate of drug-likeness (QED) is 0.934. The monoisotopic (exact) mass is 307 g/mol. The molecule has 1 aliphatic heterocycles. The molecule has 0 atom stereocenters. The zero-order valence-electron chi connectivity index (χ0n) is 13.0. The van der Waals surface area contributed by atoms with Crippen molar-refractivity contribution in [3.8, 4) is 11.5 Å². The summed E-state index contributed by atoms with van der Waals surface area (Å²) in [6.07, 6.45) is 4.94. The molecule has 4 nitrogen and oxygen atoms in total. The van der Waals surface area contributed by atoms with Crippen LogP contribution in [0, 0.1) is 6.92 Å². The van der Waals surface area contributed by atoms with Crippen LogP contribution in [0.15, 0.2) is 60.4 Å². The minimum absolute atomic E-state index is 0.190. The Morgan fingerprint density at radius 3 is 2.65 bits per heavy atom. The Hall–Kier alpha value is -3.01. The summed E-state index contributed by atoms with van der Waals surface area (Å²) in [4.78, 5) is 12.5. The Labute approximate surface area is 135 Å². The van der Waals surface area contributed by atoms with Crippen molar-refractivity contribution in [1.82, 2.24) is 0 Å². The second kappa shape index (κ2) is 6.40. The van der Waals surface area contributed by atoms with E-state index in [-0.39, 0.29) is 5.91 Å². The molecule has 3 rings (SSSR count). The van der Waals surface area contributed by atoms with E-state index in [1.54, 1.807) is 19.3 Å². The second-order valence-corrected chi connectivity index (χ2v) is 5.24. The number of carbonyl (C=O) groups is 1. The van der Waals surface area contributed by atoms with Crippen LogP contribution < -0.4 is 14.8 Å². The average molecular weight is 307 g/mol. The largest absolute Gasteiger partial charge is 0.497 e. The molecular weight excluding hydrogens is 290 g/mol. The normalized spacial score (nSPS) is 12.5. The maximum atomic E-state index is 12.5. The van der Waals surface area contributed by atoms with Gasteiger partial charge >= 0.3 is 0 Å². The standard InChI is InChI=1S/C19H17NO3/c1-13-3-5-16(6-4-13)20-19(21)14-9-10-23-18-8-7-17(22-2)12-15(18)11-14/h3-12H,1-2H3,(H,20,21). The summed E-state index contributed by atoms with van der Waals surface area (Å²) in [5.41, 5.74) is 3.21. The van der Waals surface area contributed by atoms with Crippen molar-refractivity contribution < 1.29 is 14.3 Å². The van der Waals surface area contributed by atoms with Gasteiger partial charge in [-0.3, -0.25) is 4.79 Å². The van der Waals surface area contributed by atoms with Crippen molar-refractivity contribution in [3.05, 3.63) is 71.5 Å². The number of ether oxygens (including phenoxy) is 2. The molecule has 0 fully saturated rings. The number of hydrogen-bond acceptors (Lipinski definition) is 3. The Balaban J connectivity index is 1.86. The summed E-state index contributed by atoms with van der Waals surface area (Å²) in [6, 6.07) is 13.1. The lowest BCUT2D eigenvalue weighted by molar-refractivity contribution is -0.112. The number of methoxy groups -OCH3 is 1. The van der Waals surface area contributed by atoms with Crippen molar-refractivity contribution >= 4 is 17.7 Å². The topological polar surface area (TPSA) is 47.6 Å². The van der Waals surface area contributed by atoms with Gasteiger partial charge in [0.25, 0.3) is 5.91 Å². The molecule has 1 aliphatic rings. The first kappa shape index (κ1) is 14.9. The number of hydrogen-bond donors (Lipinski definition) is 1. The van der Waals surface area contributed by atoms with Crippen molar-refractivity contribution in [2.24, 2.45) is 0 Å². The van der Waals surface area contributed by atoms with E-state index in [2.05, 4.69) is 5.32 Å². The highest BCUT2D eigenvalue weighted by atomic mass is 16.5. The number of fused-ring (bicyclic) bond motifs is 1. The Bertz CT molecular complexity index is 789. The minimum atomic E-state index is -0.190. The molecule has 1 N–H and O–H groups in total. The van der Waals surface area contributed by atoms with Crippen molar-refractivity contribution in [2.75, 3.05) is 12.4 Å². The van der Waals surface area contributed by atoms with E-state index < -0.39 is 0 Å². The van der Waals surface area contributed by atoms with Crippen LogP contribution in [0.5, 0.6) is 11.5 Å². The van der Waals surface area contributed by atoms with E-state index in [0.717, 1.165) is 16.8 Å².